The van der Waals surface area contributed by atoms with Crippen molar-refractivity contribution in [3.8, 4) is 11.1 Å². The second-order valence-corrected chi connectivity index (χ2v) is 7.25. The van der Waals surface area contributed by atoms with Gasteiger partial charge in [0.05, 0.1) is 11.9 Å². The molecule has 0 radical (unpaired) electrons. The quantitative estimate of drug-likeness (QED) is 0.631. The van der Waals surface area contributed by atoms with E-state index in [0.717, 1.165) is 27.2 Å². The molecule has 1 amide bonds. The van der Waals surface area contributed by atoms with Gasteiger partial charge < -0.3 is 9.80 Å². The Morgan fingerprint density at radius 1 is 1.15 bits per heavy atom. The van der Waals surface area contributed by atoms with Crippen LogP contribution >= 0.6 is 22.9 Å². The minimum Gasteiger partial charge on any atom is -0.350 e. The summed E-state index contributed by atoms with van der Waals surface area (Å²) < 4.78 is 0. The maximum atomic E-state index is 12.5. The molecule has 0 saturated heterocycles. The Labute approximate surface area is 162 Å². The molecule has 26 heavy (non-hydrogen) atoms. The van der Waals surface area contributed by atoms with Crippen LogP contribution in [0.25, 0.3) is 21.3 Å². The van der Waals surface area contributed by atoms with Gasteiger partial charge in [0.1, 0.15) is 17.0 Å². The van der Waals surface area contributed by atoms with E-state index in [4.69, 9.17) is 11.6 Å². The molecule has 0 aliphatic carbocycles. The van der Waals surface area contributed by atoms with Crippen molar-refractivity contribution in [2.75, 3.05) is 31.6 Å². The predicted octanol–water partition coefficient (Wildman–Crippen LogP) is 4.32. The number of likely N-dealkylation sites (N-methyl/N-ethyl adjacent to an activating group) is 2. The molecular weight excluding hydrogens is 368 g/mol. The Bertz CT molecular complexity index is 906. The van der Waals surface area contributed by atoms with E-state index >= 15 is 0 Å². The van der Waals surface area contributed by atoms with Crippen molar-refractivity contribution in [3.05, 3.63) is 41.0 Å². The minimum absolute atomic E-state index is 0.0903. The van der Waals surface area contributed by atoms with E-state index in [9.17, 15) is 4.79 Å². The molecule has 0 N–H and O–H groups in total. The third-order valence-electron chi connectivity index (χ3n) is 4.36. The van der Waals surface area contributed by atoms with Gasteiger partial charge in [-0.1, -0.05) is 23.7 Å². The molecule has 0 aliphatic rings. The average Bonchev–Trinajstić information content (AvgIpc) is 3.07. The maximum absolute atomic E-state index is 12.5. The summed E-state index contributed by atoms with van der Waals surface area (Å²) >= 11 is 7.59. The van der Waals surface area contributed by atoms with E-state index in [-0.39, 0.29) is 12.5 Å². The van der Waals surface area contributed by atoms with Gasteiger partial charge in [-0.25, -0.2) is 9.97 Å². The van der Waals surface area contributed by atoms with Crippen LogP contribution in [0.4, 0.5) is 5.82 Å². The van der Waals surface area contributed by atoms with Crippen LogP contribution in [0.5, 0.6) is 0 Å². The Morgan fingerprint density at radius 3 is 2.50 bits per heavy atom. The number of fused-ring (bicyclic) bond motifs is 1. The van der Waals surface area contributed by atoms with Crippen LogP contribution in [0, 0.1) is 0 Å². The first-order valence-electron chi connectivity index (χ1n) is 8.52. The average molecular weight is 389 g/mol. The van der Waals surface area contributed by atoms with Crippen LogP contribution in [0.1, 0.15) is 13.8 Å². The molecule has 3 aromatic rings. The molecule has 0 atom stereocenters. The molecule has 1 aromatic carbocycles. The molecule has 0 aliphatic heterocycles. The summed E-state index contributed by atoms with van der Waals surface area (Å²) in [5.74, 6) is 0.856. The van der Waals surface area contributed by atoms with Crippen molar-refractivity contribution in [1.82, 2.24) is 14.9 Å². The van der Waals surface area contributed by atoms with E-state index in [1.165, 1.54) is 0 Å². The van der Waals surface area contributed by atoms with Crippen molar-refractivity contribution in [3.63, 3.8) is 0 Å². The van der Waals surface area contributed by atoms with Crippen LogP contribution < -0.4 is 4.90 Å². The first-order chi connectivity index (χ1) is 12.5. The number of anilines is 1. The third-order valence-corrected chi connectivity index (χ3v) is 5.49. The fourth-order valence-corrected chi connectivity index (χ4v) is 3.98. The molecule has 0 bridgehead atoms. The van der Waals surface area contributed by atoms with Crippen molar-refractivity contribution in [2.45, 2.75) is 13.8 Å². The lowest BCUT2D eigenvalue weighted by Crippen LogP contribution is -2.39. The molecule has 136 valence electrons. The van der Waals surface area contributed by atoms with Gasteiger partial charge in [0.2, 0.25) is 5.91 Å². The topological polar surface area (TPSA) is 49.3 Å². The summed E-state index contributed by atoms with van der Waals surface area (Å²) in [6, 6.07) is 7.72. The monoisotopic (exact) mass is 388 g/mol. The van der Waals surface area contributed by atoms with E-state index in [0.29, 0.717) is 18.1 Å². The smallest absolute Gasteiger partial charge is 0.242 e. The van der Waals surface area contributed by atoms with Crippen LogP contribution in [-0.2, 0) is 4.79 Å². The molecule has 0 saturated carbocycles. The van der Waals surface area contributed by atoms with Crippen LogP contribution in [-0.4, -0.2) is 47.5 Å². The molecule has 5 nitrogen and oxygen atoms in total. The largest absolute Gasteiger partial charge is 0.350 e. The molecule has 0 spiro atoms. The number of benzene rings is 1. The second-order valence-electron chi connectivity index (χ2n) is 5.96. The molecule has 2 heterocycles. The number of halogens is 1. The van der Waals surface area contributed by atoms with Gasteiger partial charge >= 0.3 is 0 Å². The maximum Gasteiger partial charge on any atom is 0.242 e. The Balaban J connectivity index is 1.99. The van der Waals surface area contributed by atoms with Gasteiger partial charge in [0.15, 0.2) is 0 Å². The number of aromatic nitrogens is 2. The van der Waals surface area contributed by atoms with Gasteiger partial charge in [-0.2, -0.15) is 0 Å². The molecular formula is C19H21ClN4OS. The van der Waals surface area contributed by atoms with E-state index in [2.05, 4.69) is 15.3 Å². The summed E-state index contributed by atoms with van der Waals surface area (Å²) in [5, 5.41) is 3.74. The molecule has 7 heteroatoms. The molecule has 0 unspecified atom stereocenters. The number of carbonyl (C=O) groups is 1. The fraction of sp³-hybridized carbons (Fsp3) is 0.316. The van der Waals surface area contributed by atoms with Crippen molar-refractivity contribution < 1.29 is 4.79 Å². The zero-order chi connectivity index (χ0) is 18.7. The normalized spacial score (nSPS) is 10.9. The number of hydrogen-bond donors (Lipinski definition) is 0. The lowest BCUT2D eigenvalue weighted by atomic mass is 10.1. The molecule has 2 aromatic heterocycles. The highest BCUT2D eigenvalue weighted by molar-refractivity contribution is 7.17. The number of amides is 1. The van der Waals surface area contributed by atoms with Crippen LogP contribution in [0.2, 0.25) is 5.02 Å². The van der Waals surface area contributed by atoms with Gasteiger partial charge in [0, 0.05) is 36.1 Å². The second kappa shape index (κ2) is 8.01. The van der Waals surface area contributed by atoms with Gasteiger partial charge in [-0.05, 0) is 31.5 Å². The van der Waals surface area contributed by atoms with Crippen molar-refractivity contribution in [1.29, 1.82) is 0 Å². The third kappa shape index (κ3) is 3.66. The van der Waals surface area contributed by atoms with Gasteiger partial charge in [-0.15, -0.1) is 11.3 Å². The number of rotatable bonds is 6. The molecule has 0 fully saturated rings. The fourth-order valence-electron chi connectivity index (χ4n) is 2.94. The highest BCUT2D eigenvalue weighted by Gasteiger charge is 2.19. The zero-order valence-corrected chi connectivity index (χ0v) is 16.6. The molecule has 3 rings (SSSR count). The first kappa shape index (κ1) is 18.6. The summed E-state index contributed by atoms with van der Waals surface area (Å²) in [7, 11) is 1.90. The minimum atomic E-state index is 0.0903. The first-order valence-corrected chi connectivity index (χ1v) is 9.78. The van der Waals surface area contributed by atoms with Crippen LogP contribution in [0.15, 0.2) is 36.0 Å². The van der Waals surface area contributed by atoms with Gasteiger partial charge in [0.25, 0.3) is 0 Å². The Hall–Kier alpha value is -2.18. The highest BCUT2D eigenvalue weighted by Crippen LogP contribution is 2.37. The predicted molar refractivity (Wildman–Crippen MR) is 109 cm³/mol. The number of thiophene rings is 1. The summed E-state index contributed by atoms with van der Waals surface area (Å²) in [5.41, 5.74) is 2.11. The number of nitrogens with zero attached hydrogens (tertiary/aromatic N) is 4. The lowest BCUT2D eigenvalue weighted by Gasteiger charge is -2.24. The Kier molecular flexibility index (Phi) is 5.74. The van der Waals surface area contributed by atoms with E-state index < -0.39 is 0 Å². The van der Waals surface area contributed by atoms with Crippen LogP contribution in [0.3, 0.4) is 0 Å². The summed E-state index contributed by atoms with van der Waals surface area (Å²) in [6.07, 6.45) is 1.55. The zero-order valence-electron chi connectivity index (χ0n) is 15.1. The number of hydrogen-bond acceptors (Lipinski definition) is 5. The Morgan fingerprint density at radius 2 is 1.85 bits per heavy atom. The van der Waals surface area contributed by atoms with Crippen molar-refractivity contribution >= 4 is 44.9 Å². The summed E-state index contributed by atoms with van der Waals surface area (Å²) in [6.45, 7) is 5.67. The van der Waals surface area contributed by atoms with Crippen molar-refractivity contribution in [2.24, 2.45) is 0 Å². The van der Waals surface area contributed by atoms with E-state index in [1.54, 1.807) is 17.7 Å². The SMILES string of the molecule is CCN(CC)C(=O)CN(C)c1ncnc2scc(-c3ccc(Cl)cc3)c12. The number of carbonyl (C=O) groups excluding carboxylic acids is 1. The standard InChI is InChI=1S/C19H21ClN4OS/c1-4-24(5-2)16(25)10-23(3)18-17-15(11-26-19(17)22-12-21-18)13-6-8-14(20)9-7-13/h6-9,11-12H,4-5,10H2,1-3H3. The van der Waals surface area contributed by atoms with Gasteiger partial charge in [-0.3, -0.25) is 4.79 Å². The summed E-state index contributed by atoms with van der Waals surface area (Å²) in [4.78, 5) is 26.0. The van der Waals surface area contributed by atoms with E-state index in [1.807, 2.05) is 55.0 Å². The lowest BCUT2D eigenvalue weighted by molar-refractivity contribution is -0.129. The highest BCUT2D eigenvalue weighted by atomic mass is 35.5.